The van der Waals surface area contributed by atoms with Crippen LogP contribution >= 0.6 is 11.8 Å². The quantitative estimate of drug-likeness (QED) is 0.452. The molecule has 2 rings (SSSR count). The number of ether oxygens (including phenoxy) is 2. The predicted molar refractivity (Wildman–Crippen MR) is 91.1 cm³/mol. The summed E-state index contributed by atoms with van der Waals surface area (Å²) >= 11 is 1.69. The van der Waals surface area contributed by atoms with Crippen LogP contribution in [0.2, 0.25) is 0 Å². The van der Waals surface area contributed by atoms with E-state index in [1.54, 1.807) is 56.3 Å². The molecule has 0 bridgehead atoms. The maximum absolute atomic E-state index is 12.4. The maximum atomic E-state index is 12.4. The van der Waals surface area contributed by atoms with Gasteiger partial charge in [-0.2, -0.15) is 0 Å². The first-order valence-corrected chi connectivity index (χ1v) is 7.99. The lowest BCUT2D eigenvalue weighted by atomic mass is 10.1. The largest absolute Gasteiger partial charge is 0.497 e. The molecule has 0 heterocycles. The van der Waals surface area contributed by atoms with Crippen LogP contribution in [0.4, 0.5) is 0 Å². The Morgan fingerprint density at radius 2 is 1.77 bits per heavy atom. The van der Waals surface area contributed by atoms with Crippen molar-refractivity contribution >= 4 is 23.6 Å². The van der Waals surface area contributed by atoms with E-state index in [1.807, 2.05) is 30.5 Å². The van der Waals surface area contributed by atoms with Gasteiger partial charge in [0.1, 0.15) is 11.5 Å². The van der Waals surface area contributed by atoms with Crippen molar-refractivity contribution in [1.82, 2.24) is 0 Å². The standard InChI is InChI=1S/C18H18O3S/c1-20-14-7-11-18(21-2)16(12-14)17(19)10-6-13-4-8-15(22-3)9-5-13/h4-12H,1-3H3. The van der Waals surface area contributed by atoms with Gasteiger partial charge in [-0.05, 0) is 48.2 Å². The van der Waals surface area contributed by atoms with E-state index in [1.165, 1.54) is 4.90 Å². The van der Waals surface area contributed by atoms with Crippen molar-refractivity contribution in [3.05, 3.63) is 59.7 Å². The number of methoxy groups -OCH3 is 2. The molecule has 0 radical (unpaired) electrons. The van der Waals surface area contributed by atoms with E-state index in [2.05, 4.69) is 0 Å². The molecule has 2 aromatic rings. The number of ketones is 1. The van der Waals surface area contributed by atoms with Gasteiger partial charge in [0, 0.05) is 4.90 Å². The highest BCUT2D eigenvalue weighted by Crippen LogP contribution is 2.25. The molecule has 114 valence electrons. The highest BCUT2D eigenvalue weighted by Gasteiger charge is 2.11. The summed E-state index contributed by atoms with van der Waals surface area (Å²) in [5.74, 6) is 1.04. The first-order valence-electron chi connectivity index (χ1n) is 6.76. The Morgan fingerprint density at radius 3 is 2.36 bits per heavy atom. The molecule has 0 amide bonds. The summed E-state index contributed by atoms with van der Waals surface area (Å²) in [6, 6.07) is 13.2. The van der Waals surface area contributed by atoms with Crippen LogP contribution in [0, 0.1) is 0 Å². The number of allylic oxidation sites excluding steroid dienone is 1. The van der Waals surface area contributed by atoms with Gasteiger partial charge in [0.05, 0.1) is 19.8 Å². The second-order valence-electron chi connectivity index (χ2n) is 4.54. The van der Waals surface area contributed by atoms with E-state index in [4.69, 9.17) is 9.47 Å². The van der Waals surface area contributed by atoms with E-state index in [9.17, 15) is 4.79 Å². The van der Waals surface area contributed by atoms with Gasteiger partial charge in [-0.3, -0.25) is 4.79 Å². The number of benzene rings is 2. The molecule has 0 aliphatic heterocycles. The van der Waals surface area contributed by atoms with Crippen LogP contribution < -0.4 is 9.47 Å². The second-order valence-corrected chi connectivity index (χ2v) is 5.42. The van der Waals surface area contributed by atoms with Crippen molar-refractivity contribution in [2.75, 3.05) is 20.5 Å². The Balaban J connectivity index is 2.22. The molecule has 0 aliphatic carbocycles. The van der Waals surface area contributed by atoms with E-state index < -0.39 is 0 Å². The third-order valence-corrected chi connectivity index (χ3v) is 3.96. The molecule has 0 fully saturated rings. The third-order valence-electron chi connectivity index (χ3n) is 3.22. The first kappa shape index (κ1) is 16.2. The normalized spacial score (nSPS) is 10.7. The molecule has 22 heavy (non-hydrogen) atoms. The highest BCUT2D eigenvalue weighted by molar-refractivity contribution is 7.98. The number of thioether (sulfide) groups is 1. The van der Waals surface area contributed by atoms with Crippen LogP contribution in [0.5, 0.6) is 11.5 Å². The molecule has 0 aromatic heterocycles. The fourth-order valence-electron chi connectivity index (χ4n) is 1.98. The summed E-state index contributed by atoms with van der Waals surface area (Å²) in [7, 11) is 3.11. The van der Waals surface area contributed by atoms with Crippen LogP contribution in [0.25, 0.3) is 6.08 Å². The highest BCUT2D eigenvalue weighted by atomic mass is 32.2. The van der Waals surface area contributed by atoms with Crippen LogP contribution in [-0.4, -0.2) is 26.3 Å². The maximum Gasteiger partial charge on any atom is 0.189 e. The number of rotatable bonds is 6. The van der Waals surface area contributed by atoms with Gasteiger partial charge in [0.15, 0.2) is 5.78 Å². The summed E-state index contributed by atoms with van der Waals surface area (Å²) in [5, 5.41) is 0. The fraction of sp³-hybridized carbons (Fsp3) is 0.167. The first-order chi connectivity index (χ1) is 10.7. The summed E-state index contributed by atoms with van der Waals surface area (Å²) in [5.41, 5.74) is 1.46. The van der Waals surface area contributed by atoms with Crippen LogP contribution in [-0.2, 0) is 0 Å². The van der Waals surface area contributed by atoms with Gasteiger partial charge in [-0.25, -0.2) is 0 Å². The molecule has 0 spiro atoms. The minimum Gasteiger partial charge on any atom is -0.497 e. The van der Waals surface area contributed by atoms with E-state index >= 15 is 0 Å². The van der Waals surface area contributed by atoms with Crippen molar-refractivity contribution in [3.63, 3.8) is 0 Å². The number of carbonyl (C=O) groups excluding carboxylic acids is 1. The average molecular weight is 314 g/mol. The van der Waals surface area contributed by atoms with Crippen molar-refractivity contribution in [2.45, 2.75) is 4.90 Å². The molecule has 3 nitrogen and oxygen atoms in total. The van der Waals surface area contributed by atoms with E-state index in [0.29, 0.717) is 17.1 Å². The lowest BCUT2D eigenvalue weighted by Gasteiger charge is -2.07. The zero-order valence-electron chi connectivity index (χ0n) is 12.8. The summed E-state index contributed by atoms with van der Waals surface area (Å²) in [4.78, 5) is 13.6. The fourth-order valence-corrected chi connectivity index (χ4v) is 2.39. The molecule has 2 aromatic carbocycles. The van der Waals surface area contributed by atoms with Gasteiger partial charge in [-0.1, -0.05) is 18.2 Å². The zero-order valence-corrected chi connectivity index (χ0v) is 13.6. The van der Waals surface area contributed by atoms with E-state index in [-0.39, 0.29) is 5.78 Å². The summed E-state index contributed by atoms with van der Waals surface area (Å²) in [6.07, 6.45) is 5.38. The topological polar surface area (TPSA) is 35.5 Å². The molecule has 0 saturated carbocycles. The molecule has 0 saturated heterocycles. The van der Waals surface area contributed by atoms with Gasteiger partial charge < -0.3 is 9.47 Å². The van der Waals surface area contributed by atoms with Crippen molar-refractivity contribution < 1.29 is 14.3 Å². The van der Waals surface area contributed by atoms with Crippen LogP contribution in [0.3, 0.4) is 0 Å². The predicted octanol–water partition coefficient (Wildman–Crippen LogP) is 4.32. The second kappa shape index (κ2) is 7.71. The molecule has 0 aliphatic rings. The lowest BCUT2D eigenvalue weighted by Crippen LogP contribution is -1.99. The Labute approximate surface area is 135 Å². The SMILES string of the molecule is COc1ccc(OC)c(C(=O)C=Cc2ccc(SC)cc2)c1. The molecule has 0 unspecified atom stereocenters. The summed E-state index contributed by atoms with van der Waals surface area (Å²) in [6.45, 7) is 0. The van der Waals surface area contributed by atoms with Crippen molar-refractivity contribution in [1.29, 1.82) is 0 Å². The molecular formula is C18H18O3S. The minimum absolute atomic E-state index is 0.121. The summed E-state index contributed by atoms with van der Waals surface area (Å²) < 4.78 is 10.4. The lowest BCUT2D eigenvalue weighted by molar-refractivity contribution is 0.104. The smallest absolute Gasteiger partial charge is 0.189 e. The molecular weight excluding hydrogens is 296 g/mol. The van der Waals surface area contributed by atoms with Gasteiger partial charge in [-0.15, -0.1) is 11.8 Å². The number of carbonyl (C=O) groups is 1. The number of hydrogen-bond donors (Lipinski definition) is 0. The Hall–Kier alpha value is -2.20. The molecule has 0 atom stereocenters. The van der Waals surface area contributed by atoms with Gasteiger partial charge >= 0.3 is 0 Å². The Kier molecular flexibility index (Phi) is 5.67. The van der Waals surface area contributed by atoms with Crippen LogP contribution in [0.1, 0.15) is 15.9 Å². The average Bonchev–Trinajstić information content (AvgIpc) is 2.59. The molecule has 0 N–H and O–H groups in total. The van der Waals surface area contributed by atoms with Crippen molar-refractivity contribution in [2.24, 2.45) is 0 Å². The van der Waals surface area contributed by atoms with Crippen LogP contribution in [0.15, 0.2) is 53.4 Å². The Bertz CT molecular complexity index is 675. The van der Waals surface area contributed by atoms with Crippen molar-refractivity contribution in [3.8, 4) is 11.5 Å². The monoisotopic (exact) mass is 314 g/mol. The van der Waals surface area contributed by atoms with Gasteiger partial charge in [0.2, 0.25) is 0 Å². The zero-order chi connectivity index (χ0) is 15.9. The van der Waals surface area contributed by atoms with Gasteiger partial charge in [0.25, 0.3) is 0 Å². The Morgan fingerprint density at radius 1 is 1.05 bits per heavy atom. The third kappa shape index (κ3) is 3.92. The number of hydrogen-bond acceptors (Lipinski definition) is 4. The van der Waals surface area contributed by atoms with E-state index in [0.717, 1.165) is 5.56 Å². The minimum atomic E-state index is -0.121. The molecule has 4 heteroatoms.